The van der Waals surface area contributed by atoms with E-state index in [-0.39, 0.29) is 16.4 Å². The lowest BCUT2D eigenvalue weighted by molar-refractivity contribution is 0.0858. The van der Waals surface area contributed by atoms with Gasteiger partial charge in [-0.2, -0.15) is 0 Å². The lowest BCUT2D eigenvalue weighted by atomic mass is 9.63. The second-order valence-electron chi connectivity index (χ2n) is 10.0. The first-order valence-electron chi connectivity index (χ1n) is 10.6. The Hall–Kier alpha value is 0.620. The van der Waals surface area contributed by atoms with Gasteiger partial charge in [0.25, 0.3) is 0 Å². The van der Waals surface area contributed by atoms with Crippen LogP contribution in [-0.4, -0.2) is 23.1 Å². The zero-order valence-corrected chi connectivity index (χ0v) is 20.6. The van der Waals surface area contributed by atoms with E-state index in [9.17, 15) is 0 Å². The van der Waals surface area contributed by atoms with Gasteiger partial charge >= 0.3 is 0 Å². The standard InChI is InChI=1S/C22H46N2S2/c1-10-16(4)20(8,9)22(24,12-3)15-26-25-14-21(11-2)18(23)13-17(5)19(21,6)7/h16-18H,10-15,23-24H2,1-9H3. The molecule has 0 amide bonds. The molecule has 0 aromatic carbocycles. The van der Waals surface area contributed by atoms with E-state index in [2.05, 4.69) is 62.3 Å². The molecule has 0 radical (unpaired) electrons. The molecule has 0 aromatic rings. The number of hydrogen-bond donors (Lipinski definition) is 2. The van der Waals surface area contributed by atoms with Crippen LogP contribution in [0.15, 0.2) is 0 Å². The maximum Gasteiger partial charge on any atom is 0.0306 e. The molecule has 1 aliphatic carbocycles. The van der Waals surface area contributed by atoms with E-state index < -0.39 is 0 Å². The van der Waals surface area contributed by atoms with Crippen molar-refractivity contribution in [3.8, 4) is 0 Å². The minimum atomic E-state index is -0.125. The van der Waals surface area contributed by atoms with E-state index in [1.807, 2.05) is 21.6 Å². The third-order valence-electron chi connectivity index (χ3n) is 8.94. The van der Waals surface area contributed by atoms with Crippen LogP contribution in [0, 0.1) is 28.1 Å². The van der Waals surface area contributed by atoms with Crippen LogP contribution in [0.1, 0.15) is 88.0 Å². The Morgan fingerprint density at radius 3 is 2.12 bits per heavy atom. The van der Waals surface area contributed by atoms with Crippen molar-refractivity contribution in [3.05, 3.63) is 0 Å². The molecule has 0 heterocycles. The topological polar surface area (TPSA) is 52.0 Å². The average molecular weight is 403 g/mol. The quantitative estimate of drug-likeness (QED) is 0.331. The third-order valence-corrected chi connectivity index (χ3v) is 11.6. The Bertz CT molecular complexity index is 451. The molecule has 0 bridgehead atoms. The minimum Gasteiger partial charge on any atom is -0.327 e. The molecule has 0 aromatic heterocycles. The van der Waals surface area contributed by atoms with Gasteiger partial charge < -0.3 is 11.5 Å². The molecular weight excluding hydrogens is 356 g/mol. The summed E-state index contributed by atoms with van der Waals surface area (Å²) in [5.41, 5.74) is 14.2. The lowest BCUT2D eigenvalue weighted by Crippen LogP contribution is -2.57. The molecule has 2 nitrogen and oxygen atoms in total. The van der Waals surface area contributed by atoms with Crippen molar-refractivity contribution >= 4 is 21.6 Å². The second kappa shape index (κ2) is 8.97. The van der Waals surface area contributed by atoms with Gasteiger partial charge in [-0.1, -0.05) is 90.3 Å². The van der Waals surface area contributed by atoms with Gasteiger partial charge in [0.1, 0.15) is 0 Å². The average Bonchev–Trinajstić information content (AvgIpc) is 2.76. The monoisotopic (exact) mass is 402 g/mol. The molecule has 5 atom stereocenters. The first-order valence-corrected chi connectivity index (χ1v) is 13.1. The Morgan fingerprint density at radius 1 is 1.15 bits per heavy atom. The molecule has 1 aliphatic rings. The van der Waals surface area contributed by atoms with Crippen molar-refractivity contribution in [1.29, 1.82) is 0 Å². The van der Waals surface area contributed by atoms with Crippen molar-refractivity contribution in [2.75, 3.05) is 11.5 Å². The summed E-state index contributed by atoms with van der Waals surface area (Å²) in [6.07, 6.45) is 4.53. The highest BCUT2D eigenvalue weighted by Crippen LogP contribution is 2.59. The van der Waals surface area contributed by atoms with Crippen LogP contribution in [0.25, 0.3) is 0 Å². The van der Waals surface area contributed by atoms with Crippen molar-refractivity contribution in [2.45, 2.75) is 99.6 Å². The molecule has 5 unspecified atom stereocenters. The number of nitrogens with two attached hydrogens (primary N) is 2. The summed E-state index contributed by atoms with van der Waals surface area (Å²) in [5, 5.41) is 0. The Labute approximate surface area is 172 Å². The lowest BCUT2D eigenvalue weighted by Gasteiger charge is -2.48. The second-order valence-corrected chi connectivity index (χ2v) is 12.5. The highest BCUT2D eigenvalue weighted by atomic mass is 33.1. The fourth-order valence-corrected chi connectivity index (χ4v) is 8.74. The van der Waals surface area contributed by atoms with E-state index in [0.29, 0.717) is 23.3 Å². The zero-order chi connectivity index (χ0) is 20.4. The van der Waals surface area contributed by atoms with Gasteiger partial charge in [0, 0.05) is 28.5 Å². The normalized spacial score (nSPS) is 32.4. The maximum absolute atomic E-state index is 6.96. The summed E-state index contributed by atoms with van der Waals surface area (Å²) in [4.78, 5) is 0. The molecule has 4 N–H and O–H groups in total. The molecule has 1 rings (SSSR count). The molecule has 26 heavy (non-hydrogen) atoms. The molecule has 0 spiro atoms. The predicted octanol–water partition coefficient (Wildman–Crippen LogP) is 6.34. The van der Waals surface area contributed by atoms with Crippen molar-refractivity contribution in [3.63, 3.8) is 0 Å². The summed E-state index contributed by atoms with van der Waals surface area (Å²) in [7, 11) is 4.00. The molecule has 0 aliphatic heterocycles. The van der Waals surface area contributed by atoms with Gasteiger partial charge in [0.2, 0.25) is 0 Å². The SMILES string of the molecule is CCC(C)C(C)(C)C(N)(CC)CSSCC1(CC)C(N)CC(C)C1(C)C. The molecular formula is C22H46N2S2. The van der Waals surface area contributed by atoms with Crippen molar-refractivity contribution in [1.82, 2.24) is 0 Å². The van der Waals surface area contributed by atoms with Crippen LogP contribution >= 0.6 is 21.6 Å². The van der Waals surface area contributed by atoms with E-state index >= 15 is 0 Å². The molecule has 156 valence electrons. The summed E-state index contributed by atoms with van der Waals surface area (Å²) in [6, 6.07) is 0.316. The van der Waals surface area contributed by atoms with E-state index in [0.717, 1.165) is 24.3 Å². The van der Waals surface area contributed by atoms with Gasteiger partial charge in [-0.3, -0.25) is 0 Å². The Balaban J connectivity index is 2.78. The predicted molar refractivity (Wildman–Crippen MR) is 124 cm³/mol. The summed E-state index contributed by atoms with van der Waals surface area (Å²) < 4.78 is 0. The summed E-state index contributed by atoms with van der Waals surface area (Å²) in [6.45, 7) is 21.2. The van der Waals surface area contributed by atoms with Crippen LogP contribution in [-0.2, 0) is 0 Å². The third kappa shape index (κ3) is 4.14. The largest absolute Gasteiger partial charge is 0.327 e. The molecule has 0 saturated heterocycles. The molecule has 1 saturated carbocycles. The van der Waals surface area contributed by atoms with Crippen molar-refractivity contribution < 1.29 is 0 Å². The smallest absolute Gasteiger partial charge is 0.0306 e. The highest BCUT2D eigenvalue weighted by Gasteiger charge is 2.56. The Morgan fingerprint density at radius 2 is 1.73 bits per heavy atom. The summed E-state index contributed by atoms with van der Waals surface area (Å²) in [5.74, 6) is 3.46. The minimum absolute atomic E-state index is 0.125. The summed E-state index contributed by atoms with van der Waals surface area (Å²) >= 11 is 0. The first-order chi connectivity index (χ1) is 11.9. The van der Waals surface area contributed by atoms with Gasteiger partial charge in [-0.15, -0.1) is 0 Å². The molecule has 4 heteroatoms. The number of hydrogen-bond acceptors (Lipinski definition) is 4. The van der Waals surface area contributed by atoms with E-state index in [1.54, 1.807) is 0 Å². The number of rotatable bonds is 10. The van der Waals surface area contributed by atoms with E-state index in [1.165, 1.54) is 12.8 Å². The highest BCUT2D eigenvalue weighted by molar-refractivity contribution is 8.76. The maximum atomic E-state index is 6.96. The van der Waals surface area contributed by atoms with Gasteiger partial charge in [0.05, 0.1) is 0 Å². The Kier molecular flexibility index (Phi) is 8.50. The van der Waals surface area contributed by atoms with E-state index in [4.69, 9.17) is 11.5 Å². The van der Waals surface area contributed by atoms with Crippen LogP contribution in [0.4, 0.5) is 0 Å². The zero-order valence-electron chi connectivity index (χ0n) is 18.9. The molecule has 1 fully saturated rings. The van der Waals surface area contributed by atoms with Crippen LogP contribution in [0.3, 0.4) is 0 Å². The van der Waals surface area contributed by atoms with Gasteiger partial charge in [-0.25, -0.2) is 0 Å². The van der Waals surface area contributed by atoms with Crippen LogP contribution < -0.4 is 11.5 Å². The van der Waals surface area contributed by atoms with Crippen LogP contribution in [0.2, 0.25) is 0 Å². The van der Waals surface area contributed by atoms with Gasteiger partial charge in [0.15, 0.2) is 0 Å². The fourth-order valence-electron chi connectivity index (χ4n) is 5.02. The first kappa shape index (κ1) is 24.7. The van der Waals surface area contributed by atoms with Gasteiger partial charge in [-0.05, 0) is 41.9 Å². The van der Waals surface area contributed by atoms with Crippen molar-refractivity contribution in [2.24, 2.45) is 39.5 Å². The fraction of sp³-hybridized carbons (Fsp3) is 1.00. The van der Waals surface area contributed by atoms with Crippen LogP contribution in [0.5, 0.6) is 0 Å².